The molecule has 2 aromatic rings. The zero-order valence-electron chi connectivity index (χ0n) is 19.8. The van der Waals surface area contributed by atoms with Crippen LogP contribution in [-0.2, 0) is 9.53 Å². The van der Waals surface area contributed by atoms with Gasteiger partial charge in [-0.2, -0.15) is 5.10 Å². The monoisotopic (exact) mass is 450 g/mol. The molecule has 4 saturated carbocycles. The van der Waals surface area contributed by atoms with Gasteiger partial charge in [0.05, 0.1) is 23.8 Å². The van der Waals surface area contributed by atoms with Crippen LogP contribution in [0.5, 0.6) is 0 Å². The number of methoxy groups -OCH3 is 1. The maximum atomic E-state index is 13.3. The Kier molecular flexibility index (Phi) is 5.55. The van der Waals surface area contributed by atoms with E-state index in [0.29, 0.717) is 11.3 Å². The van der Waals surface area contributed by atoms with Gasteiger partial charge in [0.2, 0.25) is 5.91 Å². The van der Waals surface area contributed by atoms with Crippen LogP contribution < -0.4 is 10.6 Å². The molecule has 2 amide bonds. The molecular weight excluding hydrogens is 416 g/mol. The normalized spacial score (nSPS) is 28.0. The molecular formula is C26H34N4O3. The van der Waals surface area contributed by atoms with Crippen molar-refractivity contribution >= 4 is 17.5 Å². The molecule has 4 aliphatic carbocycles. The number of nitrogens with one attached hydrogen (secondary N) is 2. The number of rotatable bonds is 7. The van der Waals surface area contributed by atoms with Gasteiger partial charge in [0.1, 0.15) is 6.61 Å². The molecule has 0 spiro atoms. The summed E-state index contributed by atoms with van der Waals surface area (Å²) in [5.74, 6) is 2.24. The van der Waals surface area contributed by atoms with Gasteiger partial charge in [0.15, 0.2) is 0 Å². The van der Waals surface area contributed by atoms with Crippen LogP contribution in [0.25, 0.3) is 5.69 Å². The minimum atomic E-state index is -0.249. The number of benzene rings is 1. The zero-order chi connectivity index (χ0) is 23.2. The third-order valence-corrected chi connectivity index (χ3v) is 8.30. The summed E-state index contributed by atoms with van der Waals surface area (Å²) in [6.07, 6.45) is 11.2. The van der Waals surface area contributed by atoms with Crippen LogP contribution in [0.2, 0.25) is 0 Å². The highest BCUT2D eigenvalue weighted by Gasteiger charge is 2.57. The Labute approximate surface area is 195 Å². The Morgan fingerprint density at radius 3 is 2.45 bits per heavy atom. The third-order valence-electron chi connectivity index (χ3n) is 8.30. The Balaban J connectivity index is 1.31. The van der Waals surface area contributed by atoms with Gasteiger partial charge in [-0.25, -0.2) is 4.68 Å². The van der Waals surface area contributed by atoms with Gasteiger partial charge in [0.25, 0.3) is 5.91 Å². The molecule has 176 valence electrons. The molecule has 4 fully saturated rings. The Morgan fingerprint density at radius 1 is 1.15 bits per heavy atom. The number of aromatic nitrogens is 2. The topological polar surface area (TPSA) is 85.2 Å². The first kappa shape index (κ1) is 22.1. The van der Waals surface area contributed by atoms with Gasteiger partial charge in [-0.1, -0.05) is 6.07 Å². The molecule has 1 heterocycles. The Bertz CT molecular complexity index is 1020. The first-order valence-corrected chi connectivity index (χ1v) is 12.0. The van der Waals surface area contributed by atoms with E-state index in [1.54, 1.807) is 17.1 Å². The van der Waals surface area contributed by atoms with Crippen molar-refractivity contribution in [2.75, 3.05) is 19.0 Å². The highest BCUT2D eigenvalue weighted by atomic mass is 16.5. The van der Waals surface area contributed by atoms with Crippen LogP contribution in [0.4, 0.5) is 5.69 Å². The Hall–Kier alpha value is -2.67. The van der Waals surface area contributed by atoms with Crippen LogP contribution in [0.15, 0.2) is 36.7 Å². The summed E-state index contributed by atoms with van der Waals surface area (Å²) in [5, 5.41) is 10.5. The molecule has 33 heavy (non-hydrogen) atoms. The standard InChI is InChI=1S/C26H34N4O3/c1-25(2,26-11-17-7-18(12-26)9-19(8-17)13-26)29-24(32)20-5-4-6-22(10-20)30-15-21(14-27-30)28-23(31)16-33-3/h4-6,10,14-15,17-19H,7-9,11-13,16H2,1-3H3,(H,28,31)(H,29,32). The van der Waals surface area contributed by atoms with Crippen molar-refractivity contribution in [2.45, 2.75) is 57.9 Å². The second-order valence-electron chi connectivity index (χ2n) is 11.0. The van der Waals surface area contributed by atoms with Gasteiger partial charge in [-0.3, -0.25) is 9.59 Å². The van der Waals surface area contributed by atoms with Crippen molar-refractivity contribution in [1.82, 2.24) is 15.1 Å². The fourth-order valence-corrected chi connectivity index (χ4v) is 7.01. The van der Waals surface area contributed by atoms with Crippen LogP contribution in [0, 0.1) is 23.2 Å². The van der Waals surface area contributed by atoms with E-state index in [9.17, 15) is 9.59 Å². The van der Waals surface area contributed by atoms with Gasteiger partial charge in [-0.15, -0.1) is 0 Å². The zero-order valence-corrected chi connectivity index (χ0v) is 19.8. The van der Waals surface area contributed by atoms with Crippen molar-refractivity contribution in [3.05, 3.63) is 42.2 Å². The SMILES string of the molecule is COCC(=O)Nc1cnn(-c2cccc(C(=O)NC(C)(C)C34CC5CC(CC(C5)C3)C4)c2)c1. The molecule has 0 aliphatic heterocycles. The maximum Gasteiger partial charge on any atom is 0.251 e. The Morgan fingerprint density at radius 2 is 1.82 bits per heavy atom. The molecule has 6 rings (SSSR count). The highest BCUT2D eigenvalue weighted by Crippen LogP contribution is 2.63. The number of ether oxygens (including phenoxy) is 1. The van der Waals surface area contributed by atoms with Crippen molar-refractivity contribution in [3.8, 4) is 5.69 Å². The van der Waals surface area contributed by atoms with Gasteiger partial charge < -0.3 is 15.4 Å². The van der Waals surface area contributed by atoms with E-state index < -0.39 is 0 Å². The summed E-state index contributed by atoms with van der Waals surface area (Å²) in [7, 11) is 1.48. The van der Waals surface area contributed by atoms with Gasteiger partial charge in [-0.05, 0) is 93.7 Å². The summed E-state index contributed by atoms with van der Waals surface area (Å²) < 4.78 is 6.50. The summed E-state index contributed by atoms with van der Waals surface area (Å²) in [4.78, 5) is 25.1. The number of carbonyl (C=O) groups is 2. The molecule has 7 nitrogen and oxygen atoms in total. The lowest BCUT2D eigenvalue weighted by Gasteiger charge is -2.62. The molecule has 7 heteroatoms. The smallest absolute Gasteiger partial charge is 0.251 e. The second-order valence-corrected chi connectivity index (χ2v) is 11.0. The lowest BCUT2D eigenvalue weighted by molar-refractivity contribution is -0.119. The quantitative estimate of drug-likeness (QED) is 0.663. The molecule has 0 atom stereocenters. The number of carbonyl (C=O) groups excluding carboxylic acids is 2. The number of hydrogen-bond acceptors (Lipinski definition) is 4. The third kappa shape index (κ3) is 4.19. The molecule has 2 N–H and O–H groups in total. The number of nitrogens with zero attached hydrogens (tertiary/aromatic N) is 2. The molecule has 0 unspecified atom stereocenters. The molecule has 4 bridgehead atoms. The first-order chi connectivity index (χ1) is 15.8. The first-order valence-electron chi connectivity index (χ1n) is 12.0. The van der Waals surface area contributed by atoms with E-state index in [-0.39, 0.29) is 29.4 Å². The van der Waals surface area contributed by atoms with Crippen LogP contribution >= 0.6 is 0 Å². The van der Waals surface area contributed by atoms with Gasteiger partial charge in [0, 0.05) is 18.2 Å². The fourth-order valence-electron chi connectivity index (χ4n) is 7.01. The number of hydrogen-bond donors (Lipinski definition) is 2. The van der Waals surface area contributed by atoms with Gasteiger partial charge >= 0.3 is 0 Å². The van der Waals surface area contributed by atoms with E-state index in [2.05, 4.69) is 29.6 Å². The maximum absolute atomic E-state index is 13.3. The predicted octanol–water partition coefficient (Wildman–Crippen LogP) is 4.18. The molecule has 0 saturated heterocycles. The van der Waals surface area contributed by atoms with E-state index in [0.717, 1.165) is 23.4 Å². The fraction of sp³-hybridized carbons (Fsp3) is 0.577. The van der Waals surface area contributed by atoms with Crippen molar-refractivity contribution in [3.63, 3.8) is 0 Å². The molecule has 1 aromatic carbocycles. The minimum absolute atomic E-state index is 0.0135. The summed E-state index contributed by atoms with van der Waals surface area (Å²) in [6, 6.07) is 7.46. The molecule has 1 aromatic heterocycles. The highest BCUT2D eigenvalue weighted by molar-refractivity contribution is 5.95. The summed E-state index contributed by atoms with van der Waals surface area (Å²) >= 11 is 0. The van der Waals surface area contributed by atoms with Crippen molar-refractivity contribution < 1.29 is 14.3 Å². The van der Waals surface area contributed by atoms with Crippen LogP contribution in [0.3, 0.4) is 0 Å². The number of anilines is 1. The van der Waals surface area contributed by atoms with E-state index >= 15 is 0 Å². The predicted molar refractivity (Wildman–Crippen MR) is 126 cm³/mol. The van der Waals surface area contributed by atoms with Crippen molar-refractivity contribution in [1.29, 1.82) is 0 Å². The van der Waals surface area contributed by atoms with E-state index in [1.165, 1.54) is 45.6 Å². The largest absolute Gasteiger partial charge is 0.375 e. The van der Waals surface area contributed by atoms with E-state index in [1.807, 2.05) is 24.3 Å². The molecule has 4 aliphatic rings. The number of amides is 2. The average molecular weight is 451 g/mol. The average Bonchev–Trinajstić information content (AvgIpc) is 3.21. The second kappa shape index (κ2) is 8.28. The van der Waals surface area contributed by atoms with Crippen LogP contribution in [-0.4, -0.2) is 40.9 Å². The van der Waals surface area contributed by atoms with E-state index in [4.69, 9.17) is 4.74 Å². The molecule has 0 radical (unpaired) electrons. The summed E-state index contributed by atoms with van der Waals surface area (Å²) in [6.45, 7) is 4.44. The van der Waals surface area contributed by atoms with Crippen molar-refractivity contribution in [2.24, 2.45) is 23.2 Å². The lowest BCUT2D eigenvalue weighted by atomic mass is 9.45. The van der Waals surface area contributed by atoms with Crippen LogP contribution in [0.1, 0.15) is 62.7 Å². The summed E-state index contributed by atoms with van der Waals surface area (Å²) in [5.41, 5.74) is 1.93. The minimum Gasteiger partial charge on any atom is -0.375 e. The lowest BCUT2D eigenvalue weighted by Crippen LogP contribution is -2.62.